The number of aryl methyl sites for hydroxylation is 1. The molecule has 3 atom stereocenters. The maximum atomic E-state index is 14.0. The highest BCUT2D eigenvalue weighted by atomic mass is 32.1. The zero-order valence-electron chi connectivity index (χ0n) is 34.1. The number of hydrogen-bond acceptors (Lipinski definition) is 13. The summed E-state index contributed by atoms with van der Waals surface area (Å²) in [7, 11) is 0. The molecule has 2 aliphatic rings. The van der Waals surface area contributed by atoms with Gasteiger partial charge in [-0.2, -0.15) is 5.10 Å². The molecule has 4 heterocycles. The molecule has 16 heteroatoms. The first kappa shape index (κ1) is 42.7. The number of ether oxygens (including phenoxy) is 1. The molecule has 10 N–H and O–H groups in total. The fourth-order valence-corrected chi connectivity index (χ4v) is 8.72. The molecule has 0 bridgehead atoms. The summed E-state index contributed by atoms with van der Waals surface area (Å²) in [5.74, 6) is -2.06. The normalized spacial score (nSPS) is 17.9. The van der Waals surface area contributed by atoms with Gasteiger partial charge in [0.2, 0.25) is 17.7 Å². The number of amides is 2. The van der Waals surface area contributed by atoms with Crippen molar-refractivity contribution in [3.8, 4) is 16.2 Å². The van der Waals surface area contributed by atoms with Crippen molar-refractivity contribution in [1.82, 2.24) is 29.9 Å². The first-order valence-corrected chi connectivity index (χ1v) is 21.0. The van der Waals surface area contributed by atoms with Gasteiger partial charge in [-0.15, -0.1) is 11.3 Å². The van der Waals surface area contributed by atoms with E-state index in [1.807, 2.05) is 62.2 Å². The minimum Gasteiger partial charge on any atom is -0.511 e. The number of aromatic nitrogens is 3. The lowest BCUT2D eigenvalue weighted by Crippen LogP contribution is -2.49. The third kappa shape index (κ3) is 9.88. The van der Waals surface area contributed by atoms with E-state index in [1.165, 1.54) is 6.08 Å². The summed E-state index contributed by atoms with van der Waals surface area (Å²) in [5, 5.41) is 37.5. The molecule has 0 radical (unpaired) electrons. The van der Waals surface area contributed by atoms with Gasteiger partial charge in [0.05, 0.1) is 39.8 Å². The predicted molar refractivity (Wildman–Crippen MR) is 232 cm³/mol. The molecule has 2 aliphatic heterocycles. The SMILES string of the molecule is Cc1ncsc1-c1ccc(C(C)NC(=O)C2CCCN2C(=O)C(/C(O)=C/C(=N)OCCN2CCC(n3nc(N)c(N)c3/C=C(\N)c3ccccc3O)CC2)C(C)C)cc1. The fraction of sp³-hybridized carbons (Fsp3) is 0.419. The molecule has 4 aromatic rings. The Morgan fingerprint density at radius 3 is 2.44 bits per heavy atom. The molecule has 314 valence electrons. The van der Waals surface area contributed by atoms with E-state index in [2.05, 4.69) is 20.3 Å². The molecule has 59 heavy (non-hydrogen) atoms. The summed E-state index contributed by atoms with van der Waals surface area (Å²) in [5.41, 5.74) is 25.3. The highest BCUT2D eigenvalue weighted by Crippen LogP contribution is 2.33. The Morgan fingerprint density at radius 1 is 1.07 bits per heavy atom. The van der Waals surface area contributed by atoms with Crippen LogP contribution in [0.4, 0.5) is 11.5 Å². The van der Waals surface area contributed by atoms with E-state index in [0.717, 1.165) is 47.6 Å². The van der Waals surface area contributed by atoms with Crippen molar-refractivity contribution in [2.24, 2.45) is 17.6 Å². The molecule has 0 aliphatic carbocycles. The number of phenols is 1. The summed E-state index contributed by atoms with van der Waals surface area (Å²) < 4.78 is 7.51. The number of nitrogens with two attached hydrogens (primary N) is 3. The van der Waals surface area contributed by atoms with Crippen LogP contribution in [0.1, 0.15) is 81.1 Å². The number of phenolic OH excluding ortho intramolecular Hbond substituents is 1. The number of likely N-dealkylation sites (tertiary alicyclic amines) is 2. The number of nitrogens with zero attached hydrogens (tertiary/aromatic N) is 5. The monoisotopic (exact) mass is 824 g/mol. The fourth-order valence-electron chi connectivity index (χ4n) is 7.91. The number of aromatic hydroxyl groups is 1. The second-order valence-electron chi connectivity index (χ2n) is 15.6. The molecule has 0 saturated carbocycles. The summed E-state index contributed by atoms with van der Waals surface area (Å²) in [6.07, 6.45) is 5.59. The molecule has 2 aromatic heterocycles. The van der Waals surface area contributed by atoms with Crippen LogP contribution in [0.25, 0.3) is 22.2 Å². The third-order valence-electron chi connectivity index (χ3n) is 11.2. The van der Waals surface area contributed by atoms with Crippen LogP contribution in [0.2, 0.25) is 0 Å². The van der Waals surface area contributed by atoms with E-state index in [-0.39, 0.29) is 59.6 Å². The molecule has 2 aromatic carbocycles. The van der Waals surface area contributed by atoms with Crippen molar-refractivity contribution in [2.75, 3.05) is 44.3 Å². The van der Waals surface area contributed by atoms with E-state index in [9.17, 15) is 19.8 Å². The van der Waals surface area contributed by atoms with Crippen LogP contribution in [-0.4, -0.2) is 91.3 Å². The van der Waals surface area contributed by atoms with Gasteiger partial charge < -0.3 is 42.4 Å². The van der Waals surface area contributed by atoms with Gasteiger partial charge in [-0.3, -0.25) is 24.6 Å². The Labute approximate surface area is 349 Å². The number of carbonyl (C=O) groups is 2. The number of piperidine rings is 1. The maximum Gasteiger partial charge on any atom is 0.243 e. The van der Waals surface area contributed by atoms with Crippen molar-refractivity contribution < 1.29 is 24.5 Å². The first-order chi connectivity index (χ1) is 28.2. The summed E-state index contributed by atoms with van der Waals surface area (Å²) in [6.45, 7) is 10.2. The van der Waals surface area contributed by atoms with E-state index in [4.69, 9.17) is 27.3 Å². The lowest BCUT2D eigenvalue weighted by Gasteiger charge is -2.32. The van der Waals surface area contributed by atoms with Gasteiger partial charge in [0.1, 0.15) is 29.8 Å². The quantitative estimate of drug-likeness (QED) is 0.0452. The largest absolute Gasteiger partial charge is 0.511 e. The van der Waals surface area contributed by atoms with Crippen LogP contribution < -0.4 is 22.5 Å². The van der Waals surface area contributed by atoms with Crippen molar-refractivity contribution >= 4 is 52.3 Å². The van der Waals surface area contributed by atoms with Crippen LogP contribution in [0, 0.1) is 24.2 Å². The topological polar surface area (TPSA) is 235 Å². The summed E-state index contributed by atoms with van der Waals surface area (Å²) in [6, 6.07) is 13.9. The Balaban J connectivity index is 0.993. The number of anilines is 2. The summed E-state index contributed by atoms with van der Waals surface area (Å²) in [4.78, 5) is 36.8. The van der Waals surface area contributed by atoms with Gasteiger partial charge in [0.15, 0.2) is 5.82 Å². The molecule has 15 nitrogen and oxygen atoms in total. The number of para-hydroxylation sites is 1. The molecule has 6 rings (SSSR count). The molecule has 0 spiro atoms. The van der Waals surface area contributed by atoms with Crippen molar-refractivity contribution in [3.05, 3.63) is 88.4 Å². The standard InChI is InChI=1S/C43H56N10O5S/c1-25(2)38(43(57)52-17-7-9-33(52)42(56)49-26(3)28-11-13-29(14-12-28)40-27(4)48-24-59-40)36(55)23-37(45)58-21-20-51-18-15-30(16-19-51)53-34(39(46)41(47)50-53)22-32(44)31-8-5-6-10-35(31)54/h5-6,8,10-14,22-26,30,33,38,45,54-55H,7,9,15-21,44,46H2,1-4H3,(H2,47,50)(H,49,56)/b32-22-,36-23-,45-37?. The molecular weight excluding hydrogens is 769 g/mol. The molecule has 2 saturated heterocycles. The van der Waals surface area contributed by atoms with Crippen LogP contribution >= 0.6 is 11.3 Å². The average Bonchev–Trinajstić information content (AvgIpc) is 3.95. The second kappa shape index (κ2) is 18.8. The Kier molecular flexibility index (Phi) is 13.6. The van der Waals surface area contributed by atoms with Gasteiger partial charge in [-0.05, 0) is 74.8 Å². The third-order valence-corrected chi connectivity index (χ3v) is 12.2. The smallest absolute Gasteiger partial charge is 0.243 e. The van der Waals surface area contributed by atoms with Gasteiger partial charge in [0.25, 0.3) is 0 Å². The van der Waals surface area contributed by atoms with E-state index in [0.29, 0.717) is 48.6 Å². The van der Waals surface area contributed by atoms with Crippen molar-refractivity contribution in [3.63, 3.8) is 0 Å². The number of rotatable bonds is 14. The molecule has 2 fully saturated rings. The zero-order valence-corrected chi connectivity index (χ0v) is 34.9. The van der Waals surface area contributed by atoms with Crippen LogP contribution in [0.5, 0.6) is 5.75 Å². The van der Waals surface area contributed by atoms with Gasteiger partial charge in [-0.1, -0.05) is 50.2 Å². The number of nitrogens with one attached hydrogen (secondary N) is 2. The average molecular weight is 825 g/mol. The van der Waals surface area contributed by atoms with Crippen molar-refractivity contribution in [2.45, 2.75) is 71.5 Å². The van der Waals surface area contributed by atoms with Crippen LogP contribution in [-0.2, 0) is 14.3 Å². The number of carbonyl (C=O) groups excluding carboxylic acids is 2. The lowest BCUT2D eigenvalue weighted by atomic mass is 9.91. The Bertz CT molecular complexity index is 2190. The molecule has 2 amide bonds. The first-order valence-electron chi connectivity index (χ1n) is 20.1. The Morgan fingerprint density at radius 2 is 1.78 bits per heavy atom. The van der Waals surface area contributed by atoms with E-state index in [1.54, 1.807) is 46.6 Å². The zero-order chi connectivity index (χ0) is 42.4. The second-order valence-corrected chi connectivity index (χ2v) is 16.5. The van der Waals surface area contributed by atoms with Gasteiger partial charge >= 0.3 is 0 Å². The highest BCUT2D eigenvalue weighted by molar-refractivity contribution is 7.13. The van der Waals surface area contributed by atoms with Crippen LogP contribution in [0.3, 0.4) is 0 Å². The van der Waals surface area contributed by atoms with Crippen LogP contribution in [0.15, 0.2) is 65.9 Å². The number of hydrogen-bond donors (Lipinski definition) is 7. The molecule has 3 unspecified atom stereocenters. The van der Waals surface area contributed by atoms with Crippen molar-refractivity contribution in [1.29, 1.82) is 5.41 Å². The number of thiazole rings is 1. The minimum atomic E-state index is -0.939. The maximum absolute atomic E-state index is 14.0. The lowest BCUT2D eigenvalue weighted by molar-refractivity contribution is -0.142. The van der Waals surface area contributed by atoms with E-state index < -0.39 is 12.0 Å². The number of benzene rings is 2. The minimum absolute atomic E-state index is 0.0140. The number of nitrogen functional groups attached to an aromatic ring is 2. The summed E-state index contributed by atoms with van der Waals surface area (Å²) >= 11 is 1.59. The number of aliphatic hydroxyl groups excluding tert-OH is 1. The Hall–Kier alpha value is -5.87. The number of aliphatic hydroxyl groups is 1. The van der Waals surface area contributed by atoms with Gasteiger partial charge in [0, 0.05) is 43.5 Å². The molecular formula is C43H56N10O5S. The highest BCUT2D eigenvalue weighted by Gasteiger charge is 2.40. The predicted octanol–water partition coefficient (Wildman–Crippen LogP) is 5.86. The van der Waals surface area contributed by atoms with E-state index >= 15 is 0 Å². The van der Waals surface area contributed by atoms with Gasteiger partial charge in [-0.25, -0.2) is 4.98 Å².